The van der Waals surface area contributed by atoms with E-state index in [2.05, 4.69) is 15.9 Å². The Morgan fingerprint density at radius 1 is 1.03 bits per heavy atom. The summed E-state index contributed by atoms with van der Waals surface area (Å²) in [6.45, 7) is 0.998. The fraction of sp³-hybridized carbons (Fsp3) is 0.214. The average molecular weight is 586 g/mol. The van der Waals surface area contributed by atoms with E-state index in [1.165, 1.54) is 12.1 Å². The maximum atomic E-state index is 13.8. The van der Waals surface area contributed by atoms with Crippen molar-refractivity contribution in [3.05, 3.63) is 104 Å². The maximum Gasteiger partial charge on any atom is 0.339 e. The second kappa shape index (κ2) is 8.96. The smallest absolute Gasteiger partial charge is 0.339 e. The van der Waals surface area contributed by atoms with Gasteiger partial charge in [0.05, 0.1) is 16.6 Å². The molecule has 2 aliphatic rings. The van der Waals surface area contributed by atoms with E-state index in [9.17, 15) is 18.4 Å². The number of esters is 1. The molecule has 1 saturated heterocycles. The van der Waals surface area contributed by atoms with Crippen LogP contribution in [0.15, 0.2) is 65.3 Å². The Labute approximate surface area is 224 Å². The summed E-state index contributed by atoms with van der Waals surface area (Å²) in [5.74, 6) is -1.83. The molecule has 0 bridgehead atoms. The van der Waals surface area contributed by atoms with Crippen LogP contribution < -0.4 is 0 Å². The molecule has 0 saturated carbocycles. The Bertz CT molecular complexity index is 1570. The fourth-order valence-electron chi connectivity index (χ4n) is 5.45. The Kier molecular flexibility index (Phi) is 5.84. The number of aromatic nitrogens is 1. The average Bonchev–Trinajstić information content (AvgIpc) is 3.33. The van der Waals surface area contributed by atoms with Crippen molar-refractivity contribution in [2.75, 3.05) is 13.1 Å². The molecule has 0 N–H and O–H groups in total. The zero-order valence-electron chi connectivity index (χ0n) is 19.4. The Hall–Kier alpha value is -3.23. The molecule has 6 rings (SSSR count). The first-order valence-corrected chi connectivity index (χ1v) is 13.0. The highest BCUT2D eigenvalue weighted by Crippen LogP contribution is 2.45. The summed E-state index contributed by atoms with van der Waals surface area (Å²) in [4.78, 5) is 27.9. The van der Waals surface area contributed by atoms with Crippen LogP contribution in [0.2, 0.25) is 5.02 Å². The SMILES string of the molecule is O=C1OC2(CCN(C(=O)c3cn(Cc4cc(F)cc(F)c4)c4cc(Cl)ccc34)CC2)c2ccc(Br)cc21. The lowest BCUT2D eigenvalue weighted by Gasteiger charge is -2.38. The van der Waals surface area contributed by atoms with Crippen LogP contribution in [-0.4, -0.2) is 34.4 Å². The van der Waals surface area contributed by atoms with Crippen LogP contribution in [-0.2, 0) is 16.9 Å². The number of benzene rings is 3. The first-order valence-electron chi connectivity index (χ1n) is 11.8. The van der Waals surface area contributed by atoms with Crippen LogP contribution in [0.5, 0.6) is 0 Å². The summed E-state index contributed by atoms with van der Waals surface area (Å²) in [5, 5.41) is 1.19. The topological polar surface area (TPSA) is 51.5 Å². The van der Waals surface area contributed by atoms with E-state index in [0.29, 0.717) is 58.5 Å². The van der Waals surface area contributed by atoms with Gasteiger partial charge in [0.25, 0.3) is 5.91 Å². The first kappa shape index (κ1) is 24.1. The minimum absolute atomic E-state index is 0.160. The van der Waals surface area contributed by atoms with Gasteiger partial charge in [-0.1, -0.05) is 39.7 Å². The molecule has 3 heterocycles. The number of likely N-dealkylation sites (tertiary alicyclic amines) is 1. The summed E-state index contributed by atoms with van der Waals surface area (Å²) in [5.41, 5.74) is 2.30. The largest absolute Gasteiger partial charge is 0.450 e. The Balaban J connectivity index is 1.29. The lowest BCUT2D eigenvalue weighted by molar-refractivity contribution is -0.0389. The number of hydrogen-bond acceptors (Lipinski definition) is 3. The highest BCUT2D eigenvalue weighted by molar-refractivity contribution is 9.10. The van der Waals surface area contributed by atoms with Crippen molar-refractivity contribution in [1.29, 1.82) is 0 Å². The van der Waals surface area contributed by atoms with Crippen molar-refractivity contribution >= 4 is 50.3 Å². The van der Waals surface area contributed by atoms with Gasteiger partial charge in [-0.3, -0.25) is 4.79 Å². The van der Waals surface area contributed by atoms with Gasteiger partial charge in [-0.2, -0.15) is 0 Å². The predicted octanol–water partition coefficient (Wildman–Crippen LogP) is 6.69. The summed E-state index contributed by atoms with van der Waals surface area (Å²) in [7, 11) is 0. The minimum Gasteiger partial charge on any atom is -0.450 e. The van der Waals surface area contributed by atoms with E-state index in [4.69, 9.17) is 16.3 Å². The highest BCUT2D eigenvalue weighted by Gasteiger charge is 2.48. The molecule has 4 aromatic rings. The maximum absolute atomic E-state index is 13.8. The van der Waals surface area contributed by atoms with Crippen LogP contribution >= 0.6 is 27.5 Å². The van der Waals surface area contributed by atoms with Crippen molar-refractivity contribution in [1.82, 2.24) is 9.47 Å². The molecule has 1 spiro atoms. The van der Waals surface area contributed by atoms with Gasteiger partial charge in [0.15, 0.2) is 0 Å². The van der Waals surface area contributed by atoms with Gasteiger partial charge in [-0.15, -0.1) is 0 Å². The van der Waals surface area contributed by atoms with Crippen LogP contribution in [0.1, 0.15) is 44.7 Å². The monoisotopic (exact) mass is 584 g/mol. The van der Waals surface area contributed by atoms with E-state index in [1.54, 1.807) is 39.9 Å². The molecule has 37 heavy (non-hydrogen) atoms. The Morgan fingerprint density at radius 2 is 1.76 bits per heavy atom. The molecule has 3 aromatic carbocycles. The molecule has 188 valence electrons. The predicted molar refractivity (Wildman–Crippen MR) is 139 cm³/mol. The standard InChI is InChI=1S/C28H20BrClF2N2O3/c29-17-1-4-24-22(11-17)27(36)37-28(24)5-7-33(8-6-28)26(35)23-15-34(25-12-18(30)2-3-21(23)25)14-16-9-19(31)13-20(32)10-16/h1-4,9-13,15H,5-8,14H2. The summed E-state index contributed by atoms with van der Waals surface area (Å²) in [6, 6.07) is 14.2. The lowest BCUT2D eigenvalue weighted by atomic mass is 9.83. The van der Waals surface area contributed by atoms with Crippen molar-refractivity contribution < 1.29 is 23.1 Å². The number of nitrogens with zero attached hydrogens (tertiary/aromatic N) is 2. The van der Waals surface area contributed by atoms with Crippen LogP contribution in [0.3, 0.4) is 0 Å². The van der Waals surface area contributed by atoms with E-state index < -0.39 is 17.2 Å². The summed E-state index contributed by atoms with van der Waals surface area (Å²) in [6.07, 6.45) is 2.69. The van der Waals surface area contributed by atoms with E-state index >= 15 is 0 Å². The number of carbonyl (C=O) groups excluding carboxylic acids is 2. The number of ether oxygens (including phenoxy) is 1. The number of piperidine rings is 1. The third-order valence-electron chi connectivity index (χ3n) is 7.19. The third kappa shape index (κ3) is 4.22. The highest BCUT2D eigenvalue weighted by atomic mass is 79.9. The van der Waals surface area contributed by atoms with Crippen molar-refractivity contribution in [3.63, 3.8) is 0 Å². The summed E-state index contributed by atoms with van der Waals surface area (Å²) < 4.78 is 36.0. The molecule has 1 amide bonds. The number of rotatable bonds is 3. The molecular weight excluding hydrogens is 566 g/mol. The van der Waals surface area contributed by atoms with Crippen LogP contribution in [0.4, 0.5) is 8.78 Å². The molecule has 0 aliphatic carbocycles. The minimum atomic E-state index is -0.729. The fourth-order valence-corrected chi connectivity index (χ4v) is 5.98. The van der Waals surface area contributed by atoms with Gasteiger partial charge in [0, 0.05) is 65.2 Å². The van der Waals surface area contributed by atoms with E-state index in [-0.39, 0.29) is 18.4 Å². The second-order valence-corrected chi connectivity index (χ2v) is 10.8. The zero-order valence-corrected chi connectivity index (χ0v) is 21.8. The quantitative estimate of drug-likeness (QED) is 0.252. The molecule has 0 unspecified atom stereocenters. The Morgan fingerprint density at radius 3 is 2.49 bits per heavy atom. The van der Waals surface area contributed by atoms with Crippen molar-refractivity contribution in [2.24, 2.45) is 0 Å². The lowest BCUT2D eigenvalue weighted by Crippen LogP contribution is -2.45. The van der Waals surface area contributed by atoms with Gasteiger partial charge in [0.2, 0.25) is 0 Å². The first-order chi connectivity index (χ1) is 17.7. The van der Waals surface area contributed by atoms with Gasteiger partial charge in [-0.05, 0) is 42.0 Å². The molecular formula is C28H20BrClF2N2O3. The van der Waals surface area contributed by atoms with Gasteiger partial charge in [-0.25, -0.2) is 13.6 Å². The molecule has 9 heteroatoms. The van der Waals surface area contributed by atoms with Crippen molar-refractivity contribution in [3.8, 4) is 0 Å². The molecule has 2 aliphatic heterocycles. The number of amides is 1. The molecule has 1 fully saturated rings. The molecule has 1 aromatic heterocycles. The molecule has 0 radical (unpaired) electrons. The molecule has 0 atom stereocenters. The molecule has 5 nitrogen and oxygen atoms in total. The number of halogens is 4. The van der Waals surface area contributed by atoms with Gasteiger partial charge in [0.1, 0.15) is 17.2 Å². The van der Waals surface area contributed by atoms with Crippen LogP contribution in [0.25, 0.3) is 10.9 Å². The number of hydrogen-bond donors (Lipinski definition) is 0. The summed E-state index contributed by atoms with van der Waals surface area (Å²) >= 11 is 9.65. The normalized spacial score (nSPS) is 16.3. The van der Waals surface area contributed by atoms with Gasteiger partial charge >= 0.3 is 5.97 Å². The third-order valence-corrected chi connectivity index (χ3v) is 7.92. The zero-order chi connectivity index (χ0) is 25.9. The van der Waals surface area contributed by atoms with Crippen LogP contribution in [0, 0.1) is 11.6 Å². The number of carbonyl (C=O) groups is 2. The van der Waals surface area contributed by atoms with E-state index in [1.807, 2.05) is 12.1 Å². The van der Waals surface area contributed by atoms with Crippen molar-refractivity contribution in [2.45, 2.75) is 25.0 Å². The van der Waals surface area contributed by atoms with Gasteiger partial charge < -0.3 is 14.2 Å². The second-order valence-electron chi connectivity index (χ2n) is 9.48. The van der Waals surface area contributed by atoms with E-state index in [0.717, 1.165) is 16.1 Å². The number of fused-ring (bicyclic) bond motifs is 3.